The van der Waals surface area contributed by atoms with Crippen molar-refractivity contribution >= 4 is 21.5 Å². The highest BCUT2D eigenvalue weighted by atomic mass is 19.2. The molecule has 0 bridgehead atoms. The number of halogens is 4. The summed E-state index contributed by atoms with van der Waals surface area (Å²) in [5, 5.41) is 1.61. The van der Waals surface area contributed by atoms with E-state index in [1.54, 1.807) is 36.4 Å². The Kier molecular flexibility index (Phi) is 4.58. The molecule has 0 saturated heterocycles. The number of benzene rings is 4. The molecule has 4 aromatic carbocycles. The third-order valence-corrected chi connectivity index (χ3v) is 5.16. The molecule has 0 spiro atoms. The van der Waals surface area contributed by atoms with Gasteiger partial charge in [0.1, 0.15) is 0 Å². The highest BCUT2D eigenvalue weighted by molar-refractivity contribution is 5.85. The molecular formula is C24H18F4. The Hall–Kier alpha value is -2.88. The summed E-state index contributed by atoms with van der Waals surface area (Å²) in [4.78, 5) is 0. The molecular weight excluding hydrogens is 364 g/mol. The van der Waals surface area contributed by atoms with E-state index in [1.807, 2.05) is 26.0 Å². The second kappa shape index (κ2) is 6.93. The van der Waals surface area contributed by atoms with Crippen LogP contribution in [0.15, 0.2) is 48.5 Å². The van der Waals surface area contributed by atoms with Crippen LogP contribution in [-0.4, -0.2) is 0 Å². The number of fused-ring (bicyclic) bond motifs is 2. The van der Waals surface area contributed by atoms with Gasteiger partial charge in [0.15, 0.2) is 23.3 Å². The number of aryl methyl sites for hydroxylation is 4. The lowest BCUT2D eigenvalue weighted by Crippen LogP contribution is -2.02. The highest BCUT2D eigenvalue weighted by Gasteiger charge is 2.17. The second-order valence-electron chi connectivity index (χ2n) is 7.28. The fourth-order valence-electron chi connectivity index (χ4n) is 3.63. The molecule has 0 aromatic heterocycles. The average molecular weight is 382 g/mol. The largest absolute Gasteiger partial charge is 0.203 e. The lowest BCUT2D eigenvalue weighted by Gasteiger charge is -2.11. The summed E-state index contributed by atoms with van der Waals surface area (Å²) in [6.45, 7) is 3.62. The quantitative estimate of drug-likeness (QED) is 0.336. The van der Waals surface area contributed by atoms with Crippen LogP contribution in [0.1, 0.15) is 22.3 Å². The van der Waals surface area contributed by atoms with Gasteiger partial charge in [-0.15, -0.1) is 0 Å². The standard InChI is InChI=1S/C24H18F4/c1-13-3-5-15-11-17(21(25)23(27)19(15)9-13)7-8-18-12-16-6-4-14(2)10-20(16)24(28)22(18)26/h3-6,9-12H,7-8H2,1-2H3. The summed E-state index contributed by atoms with van der Waals surface area (Å²) >= 11 is 0. The molecule has 4 aromatic rings. The molecule has 0 aliphatic heterocycles. The van der Waals surface area contributed by atoms with Crippen LogP contribution in [0.25, 0.3) is 21.5 Å². The predicted octanol–water partition coefficient (Wildman–Crippen LogP) is 6.95. The van der Waals surface area contributed by atoms with Crippen LogP contribution in [0.5, 0.6) is 0 Å². The van der Waals surface area contributed by atoms with Crippen LogP contribution in [0.3, 0.4) is 0 Å². The SMILES string of the molecule is Cc1ccc2cc(CCc3cc4ccc(C)cc4c(F)c3F)c(F)c(F)c2c1. The Morgan fingerprint density at radius 3 is 1.32 bits per heavy atom. The van der Waals surface area contributed by atoms with Crippen LogP contribution < -0.4 is 0 Å². The molecule has 4 heteroatoms. The van der Waals surface area contributed by atoms with Crippen molar-refractivity contribution in [3.8, 4) is 0 Å². The molecule has 4 rings (SSSR count). The van der Waals surface area contributed by atoms with Crippen molar-refractivity contribution < 1.29 is 17.6 Å². The van der Waals surface area contributed by atoms with Crippen molar-refractivity contribution in [2.75, 3.05) is 0 Å². The van der Waals surface area contributed by atoms with Gasteiger partial charge in [0.2, 0.25) is 0 Å². The normalized spacial score (nSPS) is 11.5. The van der Waals surface area contributed by atoms with Crippen molar-refractivity contribution in [2.24, 2.45) is 0 Å². The third kappa shape index (κ3) is 3.13. The number of rotatable bonds is 3. The van der Waals surface area contributed by atoms with E-state index in [0.29, 0.717) is 10.8 Å². The summed E-state index contributed by atoms with van der Waals surface area (Å²) in [5.74, 6) is -3.68. The summed E-state index contributed by atoms with van der Waals surface area (Å²) in [6.07, 6.45) is 0.139. The first-order valence-corrected chi connectivity index (χ1v) is 9.09. The van der Waals surface area contributed by atoms with E-state index >= 15 is 0 Å². The van der Waals surface area contributed by atoms with Crippen LogP contribution in [0.4, 0.5) is 17.6 Å². The molecule has 0 heterocycles. The minimum atomic E-state index is -0.935. The van der Waals surface area contributed by atoms with Gasteiger partial charge >= 0.3 is 0 Å². The Morgan fingerprint density at radius 1 is 0.536 bits per heavy atom. The van der Waals surface area contributed by atoms with Crippen LogP contribution in [-0.2, 0) is 12.8 Å². The Balaban J connectivity index is 1.72. The number of hydrogen-bond acceptors (Lipinski definition) is 0. The average Bonchev–Trinajstić information content (AvgIpc) is 2.68. The van der Waals surface area contributed by atoms with E-state index in [9.17, 15) is 17.6 Å². The lowest BCUT2D eigenvalue weighted by molar-refractivity contribution is 0.499. The van der Waals surface area contributed by atoms with E-state index in [-0.39, 0.29) is 34.7 Å². The molecule has 0 nitrogen and oxygen atoms in total. The van der Waals surface area contributed by atoms with Crippen molar-refractivity contribution in [2.45, 2.75) is 26.7 Å². The fourth-order valence-corrected chi connectivity index (χ4v) is 3.63. The van der Waals surface area contributed by atoms with Crippen LogP contribution in [0.2, 0.25) is 0 Å². The van der Waals surface area contributed by atoms with E-state index in [1.165, 1.54) is 0 Å². The first-order valence-electron chi connectivity index (χ1n) is 9.09. The third-order valence-electron chi connectivity index (χ3n) is 5.16. The summed E-state index contributed by atoms with van der Waals surface area (Å²) in [7, 11) is 0. The molecule has 28 heavy (non-hydrogen) atoms. The van der Waals surface area contributed by atoms with Gasteiger partial charge in [-0.25, -0.2) is 17.6 Å². The zero-order chi connectivity index (χ0) is 20.0. The maximum atomic E-state index is 14.5. The van der Waals surface area contributed by atoms with Crippen molar-refractivity contribution in [1.82, 2.24) is 0 Å². The summed E-state index contributed by atoms with van der Waals surface area (Å²) in [6, 6.07) is 13.5. The fraction of sp³-hybridized carbons (Fsp3) is 0.167. The first kappa shape index (κ1) is 18.5. The van der Waals surface area contributed by atoms with E-state index < -0.39 is 23.3 Å². The molecule has 142 valence electrons. The van der Waals surface area contributed by atoms with Gasteiger partial charge in [-0.3, -0.25) is 0 Å². The molecule has 0 radical (unpaired) electrons. The van der Waals surface area contributed by atoms with Gasteiger partial charge in [0, 0.05) is 10.8 Å². The lowest BCUT2D eigenvalue weighted by atomic mass is 9.97. The molecule has 0 saturated carbocycles. The molecule has 0 atom stereocenters. The van der Waals surface area contributed by atoms with Crippen molar-refractivity contribution in [1.29, 1.82) is 0 Å². The van der Waals surface area contributed by atoms with Crippen LogP contribution >= 0.6 is 0 Å². The first-order chi connectivity index (χ1) is 13.3. The van der Waals surface area contributed by atoms with E-state index in [2.05, 4.69) is 0 Å². The van der Waals surface area contributed by atoms with Crippen molar-refractivity contribution in [3.63, 3.8) is 0 Å². The minimum absolute atomic E-state index is 0.0697. The molecule has 0 unspecified atom stereocenters. The molecule has 0 aliphatic rings. The minimum Gasteiger partial charge on any atom is -0.203 e. The maximum absolute atomic E-state index is 14.5. The van der Waals surface area contributed by atoms with E-state index in [4.69, 9.17) is 0 Å². The molecule has 0 N–H and O–H groups in total. The van der Waals surface area contributed by atoms with Gasteiger partial charge in [0.25, 0.3) is 0 Å². The number of hydrogen-bond donors (Lipinski definition) is 0. The monoisotopic (exact) mass is 382 g/mol. The smallest absolute Gasteiger partial charge is 0.166 e. The van der Waals surface area contributed by atoms with Gasteiger partial charge in [0.05, 0.1) is 0 Å². The zero-order valence-corrected chi connectivity index (χ0v) is 15.5. The Morgan fingerprint density at radius 2 is 0.929 bits per heavy atom. The zero-order valence-electron chi connectivity index (χ0n) is 15.5. The van der Waals surface area contributed by atoms with Gasteiger partial charge in [-0.1, -0.05) is 35.4 Å². The van der Waals surface area contributed by atoms with Crippen molar-refractivity contribution in [3.05, 3.63) is 94.1 Å². The molecule has 0 fully saturated rings. The maximum Gasteiger partial charge on any atom is 0.166 e. The predicted molar refractivity (Wildman–Crippen MR) is 105 cm³/mol. The topological polar surface area (TPSA) is 0 Å². The Labute approximate surface area is 160 Å². The highest BCUT2D eigenvalue weighted by Crippen LogP contribution is 2.28. The summed E-state index contributed by atoms with van der Waals surface area (Å²) in [5.41, 5.74) is 1.97. The van der Waals surface area contributed by atoms with E-state index in [0.717, 1.165) is 11.1 Å². The van der Waals surface area contributed by atoms with Gasteiger partial charge < -0.3 is 0 Å². The van der Waals surface area contributed by atoms with Gasteiger partial charge in [-0.05, 0) is 72.9 Å². The summed E-state index contributed by atoms with van der Waals surface area (Å²) < 4.78 is 57.9. The second-order valence-corrected chi connectivity index (χ2v) is 7.28. The molecule has 0 amide bonds. The van der Waals surface area contributed by atoms with Crippen LogP contribution in [0, 0.1) is 37.1 Å². The molecule has 0 aliphatic carbocycles. The Bertz CT molecular complexity index is 1130. The van der Waals surface area contributed by atoms with Gasteiger partial charge in [-0.2, -0.15) is 0 Å².